The van der Waals surface area contributed by atoms with Crippen LogP contribution in [0.1, 0.15) is 50.1 Å². The van der Waals surface area contributed by atoms with Gasteiger partial charge in [0.1, 0.15) is 11.6 Å². The molecule has 5 nitrogen and oxygen atoms in total. The molecule has 1 aliphatic carbocycles. The molecule has 0 radical (unpaired) electrons. The van der Waals surface area contributed by atoms with E-state index in [1.54, 1.807) is 17.4 Å². The lowest BCUT2D eigenvalue weighted by Gasteiger charge is -2.32. The van der Waals surface area contributed by atoms with E-state index in [0.717, 1.165) is 35.7 Å². The first kappa shape index (κ1) is 21.0. The number of aromatic nitrogens is 4. The molecule has 34 heavy (non-hydrogen) atoms. The van der Waals surface area contributed by atoms with Crippen LogP contribution in [-0.4, -0.2) is 26.1 Å². The Hall–Kier alpha value is -3.53. The van der Waals surface area contributed by atoms with E-state index in [1.165, 1.54) is 12.8 Å². The Morgan fingerprint density at radius 1 is 1.09 bits per heavy atom. The Morgan fingerprint density at radius 2 is 1.91 bits per heavy atom. The molecule has 1 fully saturated rings. The summed E-state index contributed by atoms with van der Waals surface area (Å²) in [5.74, 6) is 7.08. The number of halogens is 2. The monoisotopic (exact) mass is 457 g/mol. The number of anilines is 2. The van der Waals surface area contributed by atoms with Crippen LogP contribution in [0.5, 0.6) is 0 Å². The summed E-state index contributed by atoms with van der Waals surface area (Å²) in [6.07, 6.45) is 4.22. The van der Waals surface area contributed by atoms with Crippen LogP contribution in [0.4, 0.5) is 20.3 Å². The molecule has 0 bridgehead atoms. The molecule has 0 spiro atoms. The second-order valence-corrected chi connectivity index (χ2v) is 9.88. The molecule has 0 atom stereocenters. The summed E-state index contributed by atoms with van der Waals surface area (Å²) in [5, 5.41) is 8.41. The van der Waals surface area contributed by atoms with E-state index in [-0.39, 0.29) is 10.8 Å². The van der Waals surface area contributed by atoms with E-state index in [4.69, 9.17) is 0 Å². The highest BCUT2D eigenvalue weighted by Crippen LogP contribution is 2.45. The fourth-order valence-electron chi connectivity index (χ4n) is 5.09. The summed E-state index contributed by atoms with van der Waals surface area (Å²) in [5.41, 5.74) is 3.53. The zero-order valence-corrected chi connectivity index (χ0v) is 19.5. The summed E-state index contributed by atoms with van der Waals surface area (Å²) in [7, 11) is 0. The topological polar surface area (TPSA) is 46.3 Å². The van der Waals surface area contributed by atoms with E-state index in [9.17, 15) is 4.39 Å². The third-order valence-electron chi connectivity index (χ3n) is 7.17. The molecule has 1 aliphatic heterocycles. The summed E-state index contributed by atoms with van der Waals surface area (Å²) in [6, 6.07) is 8.74. The van der Waals surface area contributed by atoms with Gasteiger partial charge < -0.3 is 4.90 Å². The molecular weight excluding hydrogens is 432 g/mol. The lowest BCUT2D eigenvalue weighted by molar-refractivity contribution is 0.431. The summed E-state index contributed by atoms with van der Waals surface area (Å²) in [6.45, 7) is 6.83. The first-order valence-electron chi connectivity index (χ1n) is 11.8. The van der Waals surface area contributed by atoms with Crippen molar-refractivity contribution in [3.05, 3.63) is 58.9 Å². The fraction of sp³-hybridized carbons (Fsp3) is 0.370. The number of aryl methyl sites for hydroxylation is 1. The average Bonchev–Trinajstić information content (AvgIpc) is 3.63. The lowest BCUT2D eigenvalue weighted by atomic mass is 9.87. The van der Waals surface area contributed by atoms with Crippen LogP contribution in [0.3, 0.4) is 0 Å². The SMILES string of the molecule is Cc1nnc2nc(N3CCCc4c(C#CC(C)(C)C5CC5)cccc43)c3c(F)c(F)ccc3n12. The Morgan fingerprint density at radius 3 is 2.71 bits per heavy atom. The highest BCUT2D eigenvalue weighted by molar-refractivity contribution is 5.94. The minimum absolute atomic E-state index is 0.00787. The normalized spacial score (nSPS) is 16.0. The van der Waals surface area contributed by atoms with Gasteiger partial charge in [-0.2, -0.15) is 4.98 Å². The summed E-state index contributed by atoms with van der Waals surface area (Å²) in [4.78, 5) is 6.64. The van der Waals surface area contributed by atoms with Gasteiger partial charge in [-0.15, -0.1) is 10.2 Å². The molecule has 2 aliphatic rings. The molecule has 2 aromatic carbocycles. The van der Waals surface area contributed by atoms with Crippen molar-refractivity contribution in [2.75, 3.05) is 11.4 Å². The Balaban J connectivity index is 1.55. The van der Waals surface area contributed by atoms with Crippen molar-refractivity contribution < 1.29 is 8.78 Å². The van der Waals surface area contributed by atoms with Crippen molar-refractivity contribution in [2.45, 2.75) is 46.5 Å². The molecule has 172 valence electrons. The van der Waals surface area contributed by atoms with E-state index in [0.29, 0.717) is 35.4 Å². The van der Waals surface area contributed by atoms with Gasteiger partial charge in [0.05, 0.1) is 10.9 Å². The maximum Gasteiger partial charge on any atom is 0.257 e. The lowest BCUT2D eigenvalue weighted by Crippen LogP contribution is -2.27. The smallest absolute Gasteiger partial charge is 0.257 e. The van der Waals surface area contributed by atoms with Gasteiger partial charge in [0.15, 0.2) is 11.6 Å². The molecule has 0 saturated heterocycles. The molecule has 7 heteroatoms. The van der Waals surface area contributed by atoms with Gasteiger partial charge in [0, 0.05) is 23.2 Å². The number of hydrogen-bond donors (Lipinski definition) is 0. The zero-order valence-electron chi connectivity index (χ0n) is 19.5. The van der Waals surface area contributed by atoms with Gasteiger partial charge in [-0.05, 0) is 82.2 Å². The van der Waals surface area contributed by atoms with Gasteiger partial charge >= 0.3 is 0 Å². The predicted octanol–water partition coefficient (Wildman–Crippen LogP) is 5.74. The molecule has 1 saturated carbocycles. The van der Waals surface area contributed by atoms with Gasteiger partial charge in [-0.25, -0.2) is 8.78 Å². The molecular formula is C27H25F2N5. The Labute approximate surface area is 196 Å². The fourth-order valence-corrected chi connectivity index (χ4v) is 5.09. The van der Waals surface area contributed by atoms with Gasteiger partial charge in [-0.1, -0.05) is 17.9 Å². The molecule has 0 N–H and O–H groups in total. The Kier molecular flexibility index (Phi) is 4.63. The number of benzene rings is 2. The van der Waals surface area contributed by atoms with Crippen molar-refractivity contribution in [2.24, 2.45) is 11.3 Å². The minimum Gasteiger partial charge on any atom is -0.325 e. The molecule has 0 unspecified atom stereocenters. The second kappa shape index (κ2) is 7.49. The van der Waals surface area contributed by atoms with Gasteiger partial charge in [-0.3, -0.25) is 4.40 Å². The molecule has 2 aromatic heterocycles. The Bertz CT molecular complexity index is 1520. The second-order valence-electron chi connectivity index (χ2n) is 9.88. The van der Waals surface area contributed by atoms with Crippen LogP contribution in [0.15, 0.2) is 30.3 Å². The minimum atomic E-state index is -0.913. The highest BCUT2D eigenvalue weighted by atomic mass is 19.2. The quantitative estimate of drug-likeness (QED) is 0.360. The maximum atomic E-state index is 15.3. The summed E-state index contributed by atoms with van der Waals surface area (Å²) >= 11 is 0. The van der Waals surface area contributed by atoms with Crippen LogP contribution in [0, 0.1) is 41.7 Å². The van der Waals surface area contributed by atoms with Crippen molar-refractivity contribution >= 4 is 28.2 Å². The highest BCUT2D eigenvalue weighted by Gasteiger charge is 2.36. The van der Waals surface area contributed by atoms with Crippen LogP contribution in [0.2, 0.25) is 0 Å². The largest absolute Gasteiger partial charge is 0.325 e. The van der Waals surface area contributed by atoms with Crippen LogP contribution >= 0.6 is 0 Å². The van der Waals surface area contributed by atoms with E-state index >= 15 is 4.39 Å². The number of rotatable bonds is 2. The average molecular weight is 458 g/mol. The third kappa shape index (κ3) is 3.24. The molecule has 3 heterocycles. The van der Waals surface area contributed by atoms with Crippen LogP contribution in [-0.2, 0) is 6.42 Å². The maximum absolute atomic E-state index is 15.3. The van der Waals surface area contributed by atoms with E-state index in [1.807, 2.05) is 17.0 Å². The van der Waals surface area contributed by atoms with Crippen molar-refractivity contribution in [3.63, 3.8) is 0 Å². The first-order valence-corrected chi connectivity index (χ1v) is 11.8. The molecule has 6 rings (SSSR count). The predicted molar refractivity (Wildman–Crippen MR) is 128 cm³/mol. The van der Waals surface area contributed by atoms with Crippen molar-refractivity contribution in [3.8, 4) is 11.8 Å². The van der Waals surface area contributed by atoms with Gasteiger partial charge in [0.2, 0.25) is 0 Å². The standard InChI is InChI=1S/C27H25F2N5/c1-16-31-32-26-30-25(23-22(34(16)26)12-11-20(28)24(23)29)33-15-5-7-19-17(6-4-8-21(19)33)13-14-27(2,3)18-9-10-18/h4,6,8,11-12,18H,5,7,9-10,15H2,1-3H3. The number of hydrogen-bond acceptors (Lipinski definition) is 4. The van der Waals surface area contributed by atoms with Crippen molar-refractivity contribution in [1.82, 2.24) is 19.6 Å². The zero-order chi connectivity index (χ0) is 23.6. The van der Waals surface area contributed by atoms with Crippen molar-refractivity contribution in [1.29, 1.82) is 0 Å². The molecule has 4 aromatic rings. The van der Waals surface area contributed by atoms with E-state index in [2.05, 4.69) is 46.9 Å². The van der Waals surface area contributed by atoms with Crippen LogP contribution < -0.4 is 4.90 Å². The van der Waals surface area contributed by atoms with E-state index < -0.39 is 11.6 Å². The summed E-state index contributed by atoms with van der Waals surface area (Å²) < 4.78 is 31.3. The number of fused-ring (bicyclic) bond motifs is 4. The third-order valence-corrected chi connectivity index (χ3v) is 7.17. The first-order chi connectivity index (χ1) is 16.3. The number of nitrogens with zero attached hydrogens (tertiary/aromatic N) is 5. The molecule has 0 amide bonds. The van der Waals surface area contributed by atoms with Gasteiger partial charge in [0.25, 0.3) is 5.78 Å². The van der Waals surface area contributed by atoms with Crippen LogP contribution in [0.25, 0.3) is 16.7 Å².